The number of nitrogens with zero attached hydrogens (tertiary/aromatic N) is 1. The van der Waals surface area contributed by atoms with Crippen molar-refractivity contribution < 1.29 is 0 Å². The molecule has 2 nitrogen and oxygen atoms in total. The Morgan fingerprint density at radius 3 is 2.73 bits per heavy atom. The van der Waals surface area contributed by atoms with Crippen molar-refractivity contribution >= 4 is 0 Å². The topological polar surface area (TPSA) is 15.3 Å². The normalized spacial score (nSPS) is 37.8. The van der Waals surface area contributed by atoms with Gasteiger partial charge in [0.1, 0.15) is 0 Å². The van der Waals surface area contributed by atoms with Crippen LogP contribution in [0.3, 0.4) is 0 Å². The lowest BCUT2D eigenvalue weighted by Gasteiger charge is -2.44. The molecule has 0 aromatic rings. The fraction of sp³-hybridized carbons (Fsp3) is 1.00. The number of nitrogens with one attached hydrogen (secondary N) is 1. The van der Waals surface area contributed by atoms with E-state index in [-0.39, 0.29) is 0 Å². The smallest absolute Gasteiger partial charge is 0.0223 e. The van der Waals surface area contributed by atoms with Crippen molar-refractivity contribution in [1.29, 1.82) is 0 Å². The van der Waals surface area contributed by atoms with Crippen LogP contribution in [0.15, 0.2) is 0 Å². The van der Waals surface area contributed by atoms with Gasteiger partial charge in [0.2, 0.25) is 0 Å². The SMILES string of the molecule is C[C@@H]1CNCC(N2CCCC(C)(C)C2)C1. The van der Waals surface area contributed by atoms with Gasteiger partial charge in [-0.25, -0.2) is 0 Å². The van der Waals surface area contributed by atoms with Crippen molar-refractivity contribution in [2.24, 2.45) is 11.3 Å². The van der Waals surface area contributed by atoms with Crippen LogP contribution in [0, 0.1) is 11.3 Å². The molecule has 2 atom stereocenters. The molecule has 0 aromatic heterocycles. The van der Waals surface area contributed by atoms with Crippen molar-refractivity contribution in [3.8, 4) is 0 Å². The lowest BCUT2D eigenvalue weighted by molar-refractivity contribution is 0.0584. The van der Waals surface area contributed by atoms with Gasteiger partial charge in [-0.05, 0) is 43.7 Å². The highest BCUT2D eigenvalue weighted by Gasteiger charge is 2.32. The second kappa shape index (κ2) is 4.42. The Hall–Kier alpha value is -0.0800. The lowest BCUT2D eigenvalue weighted by atomic mass is 9.82. The van der Waals surface area contributed by atoms with E-state index in [9.17, 15) is 0 Å². The summed E-state index contributed by atoms with van der Waals surface area (Å²) < 4.78 is 0. The van der Waals surface area contributed by atoms with Crippen molar-refractivity contribution in [3.63, 3.8) is 0 Å². The molecule has 0 spiro atoms. The molecule has 0 amide bonds. The minimum atomic E-state index is 0.541. The molecule has 88 valence electrons. The second-order valence-corrected chi connectivity index (χ2v) is 6.39. The van der Waals surface area contributed by atoms with Crippen LogP contribution in [0.2, 0.25) is 0 Å². The van der Waals surface area contributed by atoms with Crippen molar-refractivity contribution in [2.45, 2.75) is 46.1 Å². The van der Waals surface area contributed by atoms with Gasteiger partial charge in [-0.2, -0.15) is 0 Å². The van der Waals surface area contributed by atoms with Crippen LogP contribution < -0.4 is 5.32 Å². The highest BCUT2D eigenvalue weighted by Crippen LogP contribution is 2.31. The molecule has 15 heavy (non-hydrogen) atoms. The first-order valence-corrected chi connectivity index (χ1v) is 6.52. The molecule has 2 heterocycles. The minimum Gasteiger partial charge on any atom is -0.315 e. The summed E-state index contributed by atoms with van der Waals surface area (Å²) in [5, 5.41) is 3.57. The average molecular weight is 210 g/mol. The van der Waals surface area contributed by atoms with E-state index in [1.165, 1.54) is 45.4 Å². The molecular formula is C13H26N2. The van der Waals surface area contributed by atoms with Gasteiger partial charge in [0.05, 0.1) is 0 Å². The van der Waals surface area contributed by atoms with Crippen LogP contribution in [0.5, 0.6) is 0 Å². The Bertz CT molecular complexity index is 213. The molecule has 0 aliphatic carbocycles. The Morgan fingerprint density at radius 2 is 2.07 bits per heavy atom. The van der Waals surface area contributed by atoms with Crippen LogP contribution in [-0.2, 0) is 0 Å². The third-order valence-electron chi connectivity index (χ3n) is 3.99. The number of rotatable bonds is 1. The van der Waals surface area contributed by atoms with Crippen LogP contribution in [-0.4, -0.2) is 37.1 Å². The Balaban J connectivity index is 1.92. The fourth-order valence-electron chi connectivity index (χ4n) is 3.19. The first kappa shape index (κ1) is 11.4. The largest absolute Gasteiger partial charge is 0.315 e. The molecule has 0 bridgehead atoms. The quantitative estimate of drug-likeness (QED) is 0.713. The van der Waals surface area contributed by atoms with Crippen molar-refractivity contribution in [3.05, 3.63) is 0 Å². The predicted octanol–water partition coefficient (Wildman–Crippen LogP) is 2.11. The predicted molar refractivity (Wildman–Crippen MR) is 65.0 cm³/mol. The first-order valence-electron chi connectivity index (χ1n) is 6.52. The third-order valence-corrected chi connectivity index (χ3v) is 3.99. The molecule has 2 heteroatoms. The van der Waals surface area contributed by atoms with Gasteiger partial charge in [-0.3, -0.25) is 4.90 Å². The molecule has 2 aliphatic heterocycles. The Morgan fingerprint density at radius 1 is 1.27 bits per heavy atom. The molecule has 0 saturated carbocycles. The van der Waals surface area contributed by atoms with Crippen LogP contribution in [0.4, 0.5) is 0 Å². The molecule has 0 radical (unpaired) electrons. The summed E-state index contributed by atoms with van der Waals surface area (Å²) >= 11 is 0. The standard InChI is InChI=1S/C13H26N2/c1-11-7-12(9-14-8-11)15-6-4-5-13(2,3)10-15/h11-12,14H,4-10H2,1-3H3/t11-,12?/m0/s1. The van der Waals surface area contributed by atoms with Crippen LogP contribution in [0.25, 0.3) is 0 Å². The molecule has 2 rings (SSSR count). The molecule has 0 aromatic carbocycles. The molecule has 2 aliphatic rings. The van der Waals surface area contributed by atoms with Crippen molar-refractivity contribution in [1.82, 2.24) is 10.2 Å². The van der Waals surface area contributed by atoms with E-state index in [2.05, 4.69) is 31.0 Å². The summed E-state index contributed by atoms with van der Waals surface area (Å²) in [5.41, 5.74) is 0.541. The summed E-state index contributed by atoms with van der Waals surface area (Å²) in [5.74, 6) is 0.855. The van der Waals surface area contributed by atoms with E-state index in [1.807, 2.05) is 0 Å². The number of hydrogen-bond acceptors (Lipinski definition) is 2. The zero-order chi connectivity index (χ0) is 10.9. The maximum Gasteiger partial charge on any atom is 0.0223 e. The summed E-state index contributed by atoms with van der Waals surface area (Å²) in [7, 11) is 0. The first-order chi connectivity index (χ1) is 7.07. The molecular weight excluding hydrogens is 184 g/mol. The lowest BCUT2D eigenvalue weighted by Crippen LogP contribution is -2.53. The van der Waals surface area contributed by atoms with E-state index in [4.69, 9.17) is 0 Å². The molecule has 2 fully saturated rings. The van der Waals surface area contributed by atoms with Gasteiger partial charge in [0, 0.05) is 19.1 Å². The fourth-order valence-corrected chi connectivity index (χ4v) is 3.19. The number of hydrogen-bond donors (Lipinski definition) is 1. The molecule has 2 saturated heterocycles. The zero-order valence-corrected chi connectivity index (χ0v) is 10.6. The van der Waals surface area contributed by atoms with Crippen molar-refractivity contribution in [2.75, 3.05) is 26.2 Å². The van der Waals surface area contributed by atoms with Gasteiger partial charge in [0.25, 0.3) is 0 Å². The van der Waals surface area contributed by atoms with E-state index in [0.29, 0.717) is 5.41 Å². The minimum absolute atomic E-state index is 0.541. The Kier molecular flexibility index (Phi) is 3.36. The summed E-state index contributed by atoms with van der Waals surface area (Å²) in [6.07, 6.45) is 4.18. The highest BCUT2D eigenvalue weighted by molar-refractivity contribution is 4.87. The summed E-state index contributed by atoms with van der Waals surface area (Å²) in [6.45, 7) is 12.2. The maximum absolute atomic E-state index is 3.57. The van der Waals surface area contributed by atoms with Gasteiger partial charge in [-0.15, -0.1) is 0 Å². The zero-order valence-electron chi connectivity index (χ0n) is 10.6. The maximum atomic E-state index is 3.57. The van der Waals surface area contributed by atoms with Gasteiger partial charge in [-0.1, -0.05) is 20.8 Å². The van der Waals surface area contributed by atoms with Gasteiger partial charge in [0.15, 0.2) is 0 Å². The van der Waals surface area contributed by atoms with Crippen LogP contribution >= 0.6 is 0 Å². The second-order valence-electron chi connectivity index (χ2n) is 6.39. The highest BCUT2D eigenvalue weighted by atomic mass is 15.2. The van der Waals surface area contributed by atoms with Gasteiger partial charge < -0.3 is 5.32 Å². The van der Waals surface area contributed by atoms with Gasteiger partial charge >= 0.3 is 0 Å². The van der Waals surface area contributed by atoms with E-state index >= 15 is 0 Å². The van der Waals surface area contributed by atoms with Crippen LogP contribution in [0.1, 0.15) is 40.0 Å². The van der Waals surface area contributed by atoms with E-state index in [1.54, 1.807) is 0 Å². The third kappa shape index (κ3) is 2.94. The monoisotopic (exact) mass is 210 g/mol. The molecule has 1 unspecified atom stereocenters. The summed E-state index contributed by atoms with van der Waals surface area (Å²) in [6, 6.07) is 0.799. The summed E-state index contributed by atoms with van der Waals surface area (Å²) in [4.78, 5) is 2.73. The van der Waals surface area contributed by atoms with E-state index in [0.717, 1.165) is 12.0 Å². The number of piperidine rings is 2. The number of likely N-dealkylation sites (tertiary alicyclic amines) is 1. The molecule has 1 N–H and O–H groups in total. The van der Waals surface area contributed by atoms with E-state index < -0.39 is 0 Å². The Labute approximate surface area is 94.4 Å². The average Bonchev–Trinajstić information content (AvgIpc) is 2.16.